The molecule has 2 unspecified atom stereocenters. The minimum Gasteiger partial charge on any atom is -0.310 e. The van der Waals surface area contributed by atoms with E-state index in [1.165, 1.54) is 37.1 Å². The van der Waals surface area contributed by atoms with E-state index in [1.807, 2.05) is 0 Å². The van der Waals surface area contributed by atoms with Gasteiger partial charge in [-0.1, -0.05) is 58.4 Å². The molecule has 0 radical (unpaired) electrons. The maximum Gasteiger partial charge on any atom is 0.0334 e. The van der Waals surface area contributed by atoms with Gasteiger partial charge >= 0.3 is 0 Å². The third-order valence-corrected chi connectivity index (χ3v) is 4.46. The molecule has 1 aromatic rings. The standard InChI is InChI=1S/C19H34N2/c1-6-16(4)15-21(8-3)14-13-19(20-7-2)18-12-10-9-11-17(18)5/h9-12,16,19-20H,6-8,13-15H2,1-5H3. The molecule has 0 bridgehead atoms. The highest BCUT2D eigenvalue weighted by Crippen LogP contribution is 2.21. The minimum absolute atomic E-state index is 0.474. The van der Waals surface area contributed by atoms with Gasteiger partial charge in [0.25, 0.3) is 0 Å². The van der Waals surface area contributed by atoms with Crippen LogP contribution in [-0.2, 0) is 0 Å². The highest BCUT2D eigenvalue weighted by atomic mass is 15.1. The van der Waals surface area contributed by atoms with E-state index >= 15 is 0 Å². The van der Waals surface area contributed by atoms with Gasteiger partial charge in [0.1, 0.15) is 0 Å². The van der Waals surface area contributed by atoms with Gasteiger partial charge in [0.05, 0.1) is 0 Å². The Kier molecular flexibility index (Phi) is 8.63. The molecule has 1 aromatic carbocycles. The van der Waals surface area contributed by atoms with Crippen molar-refractivity contribution in [3.8, 4) is 0 Å². The molecule has 2 heteroatoms. The Morgan fingerprint density at radius 1 is 1.14 bits per heavy atom. The summed E-state index contributed by atoms with van der Waals surface area (Å²) in [6, 6.07) is 9.25. The maximum atomic E-state index is 3.66. The summed E-state index contributed by atoms with van der Waals surface area (Å²) in [5.74, 6) is 0.793. The van der Waals surface area contributed by atoms with Crippen molar-refractivity contribution in [2.24, 2.45) is 5.92 Å². The van der Waals surface area contributed by atoms with Crippen LogP contribution in [0.1, 0.15) is 57.7 Å². The molecule has 0 aliphatic rings. The smallest absolute Gasteiger partial charge is 0.0334 e. The molecular formula is C19H34N2. The van der Waals surface area contributed by atoms with E-state index in [9.17, 15) is 0 Å². The van der Waals surface area contributed by atoms with Crippen LogP contribution < -0.4 is 5.32 Å². The van der Waals surface area contributed by atoms with Gasteiger partial charge < -0.3 is 10.2 Å². The monoisotopic (exact) mass is 290 g/mol. The topological polar surface area (TPSA) is 15.3 Å². The number of nitrogens with one attached hydrogen (secondary N) is 1. The first-order valence-electron chi connectivity index (χ1n) is 8.63. The van der Waals surface area contributed by atoms with E-state index < -0.39 is 0 Å². The number of rotatable bonds is 10. The molecule has 1 N–H and O–H groups in total. The SMILES string of the molecule is CCNC(CCN(CC)CC(C)CC)c1ccccc1C. The predicted molar refractivity (Wildman–Crippen MR) is 93.8 cm³/mol. The van der Waals surface area contributed by atoms with E-state index in [0.29, 0.717) is 6.04 Å². The predicted octanol–water partition coefficient (Wildman–Crippen LogP) is 4.40. The third kappa shape index (κ3) is 6.19. The van der Waals surface area contributed by atoms with E-state index in [2.05, 4.69) is 69.1 Å². The van der Waals surface area contributed by atoms with Gasteiger partial charge in [-0.15, -0.1) is 0 Å². The van der Waals surface area contributed by atoms with Crippen molar-refractivity contribution in [2.75, 3.05) is 26.2 Å². The lowest BCUT2D eigenvalue weighted by molar-refractivity contribution is 0.233. The summed E-state index contributed by atoms with van der Waals surface area (Å²) < 4.78 is 0. The summed E-state index contributed by atoms with van der Waals surface area (Å²) in [4.78, 5) is 2.59. The molecule has 0 saturated heterocycles. The molecule has 0 aromatic heterocycles. The average molecular weight is 290 g/mol. The first-order chi connectivity index (χ1) is 10.1. The van der Waals surface area contributed by atoms with Gasteiger partial charge in [-0.05, 0) is 50.0 Å². The molecule has 0 fully saturated rings. The Balaban J connectivity index is 2.64. The highest BCUT2D eigenvalue weighted by molar-refractivity contribution is 5.28. The van der Waals surface area contributed by atoms with Crippen LogP contribution in [0.2, 0.25) is 0 Å². The second kappa shape index (κ2) is 9.97. The van der Waals surface area contributed by atoms with Gasteiger partial charge in [0, 0.05) is 12.6 Å². The zero-order valence-electron chi connectivity index (χ0n) is 14.7. The van der Waals surface area contributed by atoms with E-state index in [-0.39, 0.29) is 0 Å². The minimum atomic E-state index is 0.474. The van der Waals surface area contributed by atoms with Crippen molar-refractivity contribution in [2.45, 2.75) is 53.5 Å². The third-order valence-electron chi connectivity index (χ3n) is 4.46. The van der Waals surface area contributed by atoms with Crippen LogP contribution in [0.25, 0.3) is 0 Å². The number of hydrogen-bond donors (Lipinski definition) is 1. The van der Waals surface area contributed by atoms with Gasteiger partial charge in [-0.3, -0.25) is 0 Å². The molecule has 0 amide bonds. The van der Waals surface area contributed by atoms with Crippen LogP contribution in [0.15, 0.2) is 24.3 Å². The Morgan fingerprint density at radius 2 is 1.86 bits per heavy atom. The summed E-state index contributed by atoms with van der Waals surface area (Å²) in [6.45, 7) is 15.9. The first-order valence-corrected chi connectivity index (χ1v) is 8.63. The largest absolute Gasteiger partial charge is 0.310 e. The van der Waals surface area contributed by atoms with E-state index in [4.69, 9.17) is 0 Å². The summed E-state index contributed by atoms with van der Waals surface area (Å²) in [5.41, 5.74) is 2.85. The molecule has 0 aliphatic carbocycles. The number of hydrogen-bond acceptors (Lipinski definition) is 2. The van der Waals surface area contributed by atoms with Crippen LogP contribution >= 0.6 is 0 Å². The summed E-state index contributed by atoms with van der Waals surface area (Å²) in [5, 5.41) is 3.66. The van der Waals surface area contributed by atoms with Crippen molar-refractivity contribution >= 4 is 0 Å². The quantitative estimate of drug-likeness (QED) is 0.687. The van der Waals surface area contributed by atoms with E-state index in [1.54, 1.807) is 0 Å². The molecule has 0 saturated carbocycles. The van der Waals surface area contributed by atoms with Gasteiger partial charge in [0.15, 0.2) is 0 Å². The molecule has 0 spiro atoms. The highest BCUT2D eigenvalue weighted by Gasteiger charge is 2.14. The lowest BCUT2D eigenvalue weighted by Gasteiger charge is -2.27. The number of benzene rings is 1. The lowest BCUT2D eigenvalue weighted by atomic mass is 9.98. The summed E-state index contributed by atoms with van der Waals surface area (Å²) in [6.07, 6.45) is 2.45. The molecule has 21 heavy (non-hydrogen) atoms. The Morgan fingerprint density at radius 3 is 2.43 bits per heavy atom. The van der Waals surface area contributed by atoms with Crippen LogP contribution in [-0.4, -0.2) is 31.1 Å². The van der Waals surface area contributed by atoms with Crippen molar-refractivity contribution < 1.29 is 0 Å². The molecule has 120 valence electrons. The molecular weight excluding hydrogens is 256 g/mol. The Hall–Kier alpha value is -0.860. The van der Waals surface area contributed by atoms with E-state index in [0.717, 1.165) is 19.0 Å². The Labute approximate surface area is 131 Å². The van der Waals surface area contributed by atoms with Gasteiger partial charge in [-0.25, -0.2) is 0 Å². The number of aryl methyl sites for hydroxylation is 1. The van der Waals surface area contributed by atoms with Gasteiger partial charge in [0.2, 0.25) is 0 Å². The molecule has 2 nitrogen and oxygen atoms in total. The second-order valence-electron chi connectivity index (χ2n) is 6.16. The summed E-state index contributed by atoms with van der Waals surface area (Å²) in [7, 11) is 0. The fourth-order valence-electron chi connectivity index (χ4n) is 2.85. The fraction of sp³-hybridized carbons (Fsp3) is 0.684. The van der Waals surface area contributed by atoms with Crippen molar-refractivity contribution in [1.29, 1.82) is 0 Å². The van der Waals surface area contributed by atoms with Crippen LogP contribution in [0.5, 0.6) is 0 Å². The zero-order chi connectivity index (χ0) is 15.7. The number of nitrogens with zero attached hydrogens (tertiary/aromatic N) is 1. The van der Waals surface area contributed by atoms with Crippen LogP contribution in [0.4, 0.5) is 0 Å². The first kappa shape index (κ1) is 18.2. The summed E-state index contributed by atoms with van der Waals surface area (Å²) >= 11 is 0. The molecule has 0 heterocycles. The Bertz CT molecular complexity index is 389. The second-order valence-corrected chi connectivity index (χ2v) is 6.16. The fourth-order valence-corrected chi connectivity index (χ4v) is 2.85. The zero-order valence-corrected chi connectivity index (χ0v) is 14.7. The van der Waals surface area contributed by atoms with Crippen LogP contribution in [0, 0.1) is 12.8 Å². The lowest BCUT2D eigenvalue weighted by Crippen LogP contribution is -2.32. The van der Waals surface area contributed by atoms with Crippen molar-refractivity contribution in [3.63, 3.8) is 0 Å². The van der Waals surface area contributed by atoms with Gasteiger partial charge in [-0.2, -0.15) is 0 Å². The molecule has 1 rings (SSSR count). The maximum absolute atomic E-state index is 3.66. The van der Waals surface area contributed by atoms with Crippen molar-refractivity contribution in [1.82, 2.24) is 10.2 Å². The average Bonchev–Trinajstić information content (AvgIpc) is 2.50. The van der Waals surface area contributed by atoms with Crippen molar-refractivity contribution in [3.05, 3.63) is 35.4 Å². The normalized spacial score (nSPS) is 14.4. The molecule has 0 aliphatic heterocycles. The molecule has 2 atom stereocenters. The van der Waals surface area contributed by atoms with Crippen LogP contribution in [0.3, 0.4) is 0 Å².